The lowest BCUT2D eigenvalue weighted by Gasteiger charge is -2.35. The normalized spacial score (nSPS) is 19.6. The molecule has 2 heterocycles. The highest BCUT2D eigenvalue weighted by atomic mass is 35.5. The van der Waals surface area contributed by atoms with E-state index in [4.69, 9.17) is 17.3 Å². The Labute approximate surface area is 159 Å². The number of carbonyl (C=O) groups is 1. The second-order valence-electron chi connectivity index (χ2n) is 6.39. The summed E-state index contributed by atoms with van der Waals surface area (Å²) < 4.78 is 0. The van der Waals surface area contributed by atoms with E-state index in [-0.39, 0.29) is 24.4 Å². The molecule has 2 aliphatic rings. The first-order chi connectivity index (χ1) is 11.7. The van der Waals surface area contributed by atoms with E-state index in [1.807, 2.05) is 41.3 Å². The maximum absolute atomic E-state index is 13.0. The summed E-state index contributed by atoms with van der Waals surface area (Å²) >= 11 is 6.28. The van der Waals surface area contributed by atoms with Gasteiger partial charge in [0.1, 0.15) is 6.04 Å². The van der Waals surface area contributed by atoms with Crippen molar-refractivity contribution >= 4 is 47.0 Å². The molecule has 132 valence electrons. The van der Waals surface area contributed by atoms with Crippen molar-refractivity contribution in [1.29, 1.82) is 0 Å². The Hall–Kier alpha value is -1.91. The fraction of sp³-hybridized carbons (Fsp3) is 0.316. The van der Waals surface area contributed by atoms with Crippen molar-refractivity contribution in [3.05, 3.63) is 53.1 Å². The molecule has 0 aromatic heterocycles. The summed E-state index contributed by atoms with van der Waals surface area (Å²) in [6.07, 6.45) is 2.81. The number of hydrogen-bond donors (Lipinski definition) is 1. The number of nitrogen functional groups attached to an aromatic ring is 1. The molecule has 1 unspecified atom stereocenters. The van der Waals surface area contributed by atoms with Gasteiger partial charge in [-0.3, -0.25) is 4.79 Å². The smallest absolute Gasteiger partial charge is 0.249 e. The van der Waals surface area contributed by atoms with Gasteiger partial charge in [0, 0.05) is 24.5 Å². The van der Waals surface area contributed by atoms with Crippen LogP contribution in [0.2, 0.25) is 5.02 Å². The summed E-state index contributed by atoms with van der Waals surface area (Å²) in [6, 6.07) is 13.4. The molecule has 2 N–H and O–H groups in total. The molecule has 0 radical (unpaired) electrons. The van der Waals surface area contributed by atoms with Crippen LogP contribution in [-0.4, -0.2) is 25.0 Å². The highest BCUT2D eigenvalue weighted by Crippen LogP contribution is 2.36. The fourth-order valence-corrected chi connectivity index (χ4v) is 4.11. The van der Waals surface area contributed by atoms with E-state index in [1.54, 1.807) is 0 Å². The van der Waals surface area contributed by atoms with E-state index in [1.165, 1.54) is 5.56 Å². The highest BCUT2D eigenvalue weighted by Gasteiger charge is 2.38. The molecule has 4 rings (SSSR count). The number of fused-ring (bicyclic) bond motifs is 1. The van der Waals surface area contributed by atoms with E-state index in [0.29, 0.717) is 11.6 Å². The zero-order valence-electron chi connectivity index (χ0n) is 13.8. The molecule has 0 spiro atoms. The molecule has 25 heavy (non-hydrogen) atoms. The lowest BCUT2D eigenvalue weighted by molar-refractivity contribution is -0.118. The number of anilines is 3. The van der Waals surface area contributed by atoms with Crippen LogP contribution in [0.15, 0.2) is 42.5 Å². The van der Waals surface area contributed by atoms with Crippen LogP contribution >= 0.6 is 24.0 Å². The molecule has 1 fully saturated rings. The highest BCUT2D eigenvalue weighted by molar-refractivity contribution is 6.34. The number of carbonyl (C=O) groups excluding carboxylic acids is 1. The number of hydrogen-bond acceptors (Lipinski definition) is 3. The number of benzene rings is 2. The van der Waals surface area contributed by atoms with Gasteiger partial charge in [-0.1, -0.05) is 29.8 Å². The number of amides is 1. The van der Waals surface area contributed by atoms with Gasteiger partial charge >= 0.3 is 0 Å². The minimum absolute atomic E-state index is 0. The zero-order chi connectivity index (χ0) is 16.7. The lowest BCUT2D eigenvalue weighted by Crippen LogP contribution is -2.44. The van der Waals surface area contributed by atoms with E-state index in [9.17, 15) is 4.79 Å². The van der Waals surface area contributed by atoms with Crippen LogP contribution in [0.5, 0.6) is 0 Å². The Kier molecular flexibility index (Phi) is 5.11. The third-order valence-electron chi connectivity index (χ3n) is 5.02. The Bertz CT molecular complexity index is 796. The van der Waals surface area contributed by atoms with Gasteiger partial charge in [-0.15, -0.1) is 12.4 Å². The number of halogens is 2. The van der Waals surface area contributed by atoms with E-state index in [2.05, 4.69) is 11.0 Å². The van der Waals surface area contributed by atoms with Crippen molar-refractivity contribution in [2.45, 2.75) is 25.3 Å². The number of para-hydroxylation sites is 1. The Morgan fingerprint density at radius 1 is 1.04 bits per heavy atom. The average Bonchev–Trinajstić information content (AvgIpc) is 2.97. The molecule has 1 atom stereocenters. The van der Waals surface area contributed by atoms with E-state index < -0.39 is 0 Å². The molecule has 2 aromatic rings. The summed E-state index contributed by atoms with van der Waals surface area (Å²) in [7, 11) is 0. The van der Waals surface area contributed by atoms with Crippen LogP contribution in [0.3, 0.4) is 0 Å². The summed E-state index contributed by atoms with van der Waals surface area (Å²) in [5.74, 6) is 0.123. The maximum Gasteiger partial charge on any atom is 0.249 e. The van der Waals surface area contributed by atoms with E-state index >= 15 is 0 Å². The predicted octanol–water partition coefficient (Wildman–Crippen LogP) is 3.90. The quantitative estimate of drug-likeness (QED) is 0.807. The Morgan fingerprint density at radius 3 is 2.60 bits per heavy atom. The molecule has 1 saturated heterocycles. The fourth-order valence-electron chi connectivity index (χ4n) is 3.87. The maximum atomic E-state index is 13.0. The van der Waals surface area contributed by atoms with Crippen molar-refractivity contribution in [2.75, 3.05) is 28.6 Å². The van der Waals surface area contributed by atoms with Crippen LogP contribution < -0.4 is 15.5 Å². The third-order valence-corrected chi connectivity index (χ3v) is 5.34. The molecule has 2 aliphatic heterocycles. The van der Waals surface area contributed by atoms with Crippen LogP contribution in [0, 0.1) is 0 Å². The first-order valence-corrected chi connectivity index (χ1v) is 8.74. The minimum Gasteiger partial charge on any atom is -0.398 e. The molecule has 1 amide bonds. The molecule has 0 saturated carbocycles. The van der Waals surface area contributed by atoms with Gasteiger partial charge in [0.05, 0.1) is 10.7 Å². The monoisotopic (exact) mass is 377 g/mol. The molecular weight excluding hydrogens is 357 g/mol. The van der Waals surface area contributed by atoms with Crippen molar-refractivity contribution < 1.29 is 4.79 Å². The second-order valence-corrected chi connectivity index (χ2v) is 6.79. The Morgan fingerprint density at radius 2 is 1.80 bits per heavy atom. The third kappa shape index (κ3) is 3.05. The summed E-state index contributed by atoms with van der Waals surface area (Å²) in [5.41, 5.74) is 10.0. The lowest BCUT2D eigenvalue weighted by atomic mass is 9.98. The van der Waals surface area contributed by atoms with Crippen molar-refractivity contribution in [3.63, 3.8) is 0 Å². The van der Waals surface area contributed by atoms with Gasteiger partial charge in [-0.05, 0) is 49.1 Å². The molecule has 6 heteroatoms. The van der Waals surface area contributed by atoms with Gasteiger partial charge in [0.15, 0.2) is 0 Å². The summed E-state index contributed by atoms with van der Waals surface area (Å²) in [6.45, 7) is 1.59. The molecule has 2 aromatic carbocycles. The van der Waals surface area contributed by atoms with Crippen LogP contribution in [0.4, 0.5) is 17.1 Å². The van der Waals surface area contributed by atoms with Gasteiger partial charge in [0.25, 0.3) is 0 Å². The van der Waals surface area contributed by atoms with Gasteiger partial charge in [0.2, 0.25) is 5.91 Å². The second kappa shape index (κ2) is 7.14. The molecular formula is C19H21Cl2N3O. The van der Waals surface area contributed by atoms with Crippen LogP contribution in [0.1, 0.15) is 18.4 Å². The Balaban J connectivity index is 0.00000182. The van der Waals surface area contributed by atoms with Gasteiger partial charge in [-0.2, -0.15) is 0 Å². The van der Waals surface area contributed by atoms with E-state index in [0.717, 1.165) is 42.9 Å². The molecule has 0 aliphatic carbocycles. The van der Waals surface area contributed by atoms with Crippen molar-refractivity contribution in [2.24, 2.45) is 0 Å². The number of nitrogens with two attached hydrogens (primary N) is 1. The van der Waals surface area contributed by atoms with Crippen LogP contribution in [-0.2, 0) is 11.2 Å². The standard InChI is InChI=1S/C19H20ClN3O.ClH/c20-14-6-1-2-8-17(14)23-12-10-18(19(23)24)22-11-4-5-13-15(21)7-3-9-16(13)22;/h1-3,6-9,18H,4-5,10-12,21H2;1H. The first-order valence-electron chi connectivity index (χ1n) is 8.37. The predicted molar refractivity (Wildman–Crippen MR) is 106 cm³/mol. The van der Waals surface area contributed by atoms with Gasteiger partial charge < -0.3 is 15.5 Å². The first kappa shape index (κ1) is 17.9. The largest absolute Gasteiger partial charge is 0.398 e. The van der Waals surface area contributed by atoms with Gasteiger partial charge in [-0.25, -0.2) is 0 Å². The van der Waals surface area contributed by atoms with Crippen molar-refractivity contribution in [3.8, 4) is 0 Å². The number of rotatable bonds is 2. The van der Waals surface area contributed by atoms with Crippen molar-refractivity contribution in [1.82, 2.24) is 0 Å². The minimum atomic E-state index is -0.137. The van der Waals surface area contributed by atoms with Crippen LogP contribution in [0.25, 0.3) is 0 Å². The number of nitrogens with zero attached hydrogens (tertiary/aromatic N) is 2. The molecule has 4 nitrogen and oxygen atoms in total. The molecule has 0 bridgehead atoms. The topological polar surface area (TPSA) is 49.6 Å². The SMILES string of the molecule is Cl.Nc1cccc2c1CCCN2C1CCN(c2ccccc2Cl)C1=O. The summed E-state index contributed by atoms with van der Waals surface area (Å²) in [5, 5.41) is 0.620. The zero-order valence-corrected chi connectivity index (χ0v) is 15.4. The average molecular weight is 378 g/mol. The summed E-state index contributed by atoms with van der Waals surface area (Å²) in [4.78, 5) is 17.1.